The molecule has 0 aliphatic carbocycles. The Morgan fingerprint density at radius 2 is 1.71 bits per heavy atom. The van der Waals surface area contributed by atoms with Gasteiger partial charge in [0, 0.05) is 27.2 Å². The van der Waals surface area contributed by atoms with Crippen molar-refractivity contribution in [2.24, 2.45) is 0 Å². The van der Waals surface area contributed by atoms with Gasteiger partial charge in [-0.25, -0.2) is 0 Å². The summed E-state index contributed by atoms with van der Waals surface area (Å²) >= 11 is 0. The molecule has 0 saturated heterocycles. The molecule has 0 aliphatic heterocycles. The lowest BCUT2D eigenvalue weighted by atomic mass is 10.4. The van der Waals surface area contributed by atoms with Crippen LogP contribution < -0.4 is 0 Å². The highest BCUT2D eigenvalue weighted by atomic mass is 16.6. The lowest BCUT2D eigenvalue weighted by Gasteiger charge is -2.21. The fourth-order valence-electron chi connectivity index (χ4n) is 1.23. The van der Waals surface area contributed by atoms with Crippen LogP contribution in [0.25, 0.3) is 0 Å². The number of ether oxygens (including phenoxy) is 1. The summed E-state index contributed by atoms with van der Waals surface area (Å²) in [5, 5.41) is 11.4. The first-order valence-corrected chi connectivity index (χ1v) is 5.70. The summed E-state index contributed by atoms with van der Waals surface area (Å²) in [5.74, 6) is -0.709. The molecule has 1 unspecified atom stereocenters. The van der Waals surface area contributed by atoms with E-state index in [1.54, 1.807) is 27.9 Å². The molecule has 0 aromatic rings. The summed E-state index contributed by atoms with van der Waals surface area (Å²) in [6, 6.07) is 0. The van der Waals surface area contributed by atoms with Crippen LogP contribution in [-0.2, 0) is 19.4 Å². The third-order valence-corrected chi connectivity index (χ3v) is 2.36. The molecule has 17 heavy (non-hydrogen) atoms. The SMILES string of the molecule is CCN(CC)C(=O)C([O])OCCC(=O)N(C)C. The molecular weight excluding hydrogens is 224 g/mol. The normalized spacial score (nSPS) is 12.1. The Labute approximate surface area is 102 Å². The Bertz CT molecular complexity index is 252. The second kappa shape index (κ2) is 8.03. The van der Waals surface area contributed by atoms with Crippen molar-refractivity contribution in [1.82, 2.24) is 9.80 Å². The number of carbonyl (C=O) groups is 2. The third-order valence-electron chi connectivity index (χ3n) is 2.36. The summed E-state index contributed by atoms with van der Waals surface area (Å²) in [4.78, 5) is 25.5. The molecule has 0 heterocycles. The van der Waals surface area contributed by atoms with Crippen molar-refractivity contribution in [1.29, 1.82) is 0 Å². The Morgan fingerprint density at radius 1 is 1.18 bits per heavy atom. The maximum atomic E-state index is 11.5. The molecule has 0 bridgehead atoms. The predicted octanol–water partition coefficient (Wildman–Crippen LogP) is 0.106. The van der Waals surface area contributed by atoms with Gasteiger partial charge in [-0.05, 0) is 13.8 Å². The summed E-state index contributed by atoms with van der Waals surface area (Å²) < 4.78 is 4.81. The van der Waals surface area contributed by atoms with Gasteiger partial charge in [0.15, 0.2) is 0 Å². The highest BCUT2D eigenvalue weighted by Crippen LogP contribution is 1.99. The molecule has 6 heteroatoms. The molecule has 2 amide bonds. The molecule has 0 saturated carbocycles. The van der Waals surface area contributed by atoms with E-state index in [0.29, 0.717) is 13.1 Å². The molecule has 0 spiro atoms. The van der Waals surface area contributed by atoms with Crippen LogP contribution in [0.1, 0.15) is 20.3 Å². The maximum Gasteiger partial charge on any atom is 0.282 e. The topological polar surface area (TPSA) is 69.7 Å². The van der Waals surface area contributed by atoms with E-state index in [1.165, 1.54) is 9.80 Å². The van der Waals surface area contributed by atoms with Gasteiger partial charge in [-0.2, -0.15) is 5.11 Å². The summed E-state index contributed by atoms with van der Waals surface area (Å²) in [6.45, 7) is 4.52. The van der Waals surface area contributed by atoms with E-state index in [4.69, 9.17) is 4.74 Å². The number of hydrogen-bond acceptors (Lipinski definition) is 3. The Balaban J connectivity index is 3.97. The fraction of sp³-hybridized carbons (Fsp3) is 0.818. The van der Waals surface area contributed by atoms with E-state index < -0.39 is 12.2 Å². The van der Waals surface area contributed by atoms with E-state index in [1.807, 2.05) is 0 Å². The minimum atomic E-state index is -1.73. The first-order chi connectivity index (χ1) is 7.93. The van der Waals surface area contributed by atoms with E-state index in [0.717, 1.165) is 0 Å². The third kappa shape index (κ3) is 5.65. The van der Waals surface area contributed by atoms with Crippen LogP contribution in [0, 0.1) is 0 Å². The minimum Gasteiger partial charge on any atom is -0.349 e. The smallest absolute Gasteiger partial charge is 0.282 e. The first-order valence-electron chi connectivity index (χ1n) is 5.70. The van der Waals surface area contributed by atoms with E-state index in [2.05, 4.69) is 0 Å². The van der Waals surface area contributed by atoms with Gasteiger partial charge in [0.1, 0.15) is 0 Å². The highest BCUT2D eigenvalue weighted by molar-refractivity contribution is 5.79. The number of rotatable bonds is 7. The van der Waals surface area contributed by atoms with Crippen LogP contribution in [0.2, 0.25) is 0 Å². The minimum absolute atomic E-state index is 0.0296. The molecule has 0 fully saturated rings. The molecule has 6 nitrogen and oxygen atoms in total. The lowest BCUT2D eigenvalue weighted by molar-refractivity contribution is -0.183. The van der Waals surface area contributed by atoms with Crippen molar-refractivity contribution in [3.63, 3.8) is 0 Å². The molecule has 0 N–H and O–H groups in total. The quantitative estimate of drug-likeness (QED) is 0.598. The molecule has 0 aliphatic rings. The van der Waals surface area contributed by atoms with Crippen molar-refractivity contribution >= 4 is 11.8 Å². The van der Waals surface area contributed by atoms with Gasteiger partial charge in [0.2, 0.25) is 5.91 Å². The average molecular weight is 245 g/mol. The van der Waals surface area contributed by atoms with Crippen molar-refractivity contribution in [2.45, 2.75) is 26.6 Å². The van der Waals surface area contributed by atoms with Crippen LogP contribution in [-0.4, -0.2) is 61.7 Å². The molecule has 1 radical (unpaired) electrons. The monoisotopic (exact) mass is 245 g/mol. The van der Waals surface area contributed by atoms with E-state index in [-0.39, 0.29) is 18.9 Å². The average Bonchev–Trinajstić information content (AvgIpc) is 2.29. The van der Waals surface area contributed by atoms with E-state index >= 15 is 0 Å². The van der Waals surface area contributed by atoms with Crippen LogP contribution in [0.15, 0.2) is 0 Å². The van der Waals surface area contributed by atoms with E-state index in [9.17, 15) is 14.7 Å². The first kappa shape index (κ1) is 15.9. The van der Waals surface area contributed by atoms with Gasteiger partial charge in [0.05, 0.1) is 13.0 Å². The van der Waals surface area contributed by atoms with Gasteiger partial charge in [-0.1, -0.05) is 0 Å². The van der Waals surface area contributed by atoms with Crippen molar-refractivity contribution in [2.75, 3.05) is 33.8 Å². The van der Waals surface area contributed by atoms with Gasteiger partial charge in [0.25, 0.3) is 12.2 Å². The second-order valence-electron chi connectivity index (χ2n) is 3.75. The molecule has 0 aromatic carbocycles. The highest BCUT2D eigenvalue weighted by Gasteiger charge is 2.22. The zero-order chi connectivity index (χ0) is 13.4. The second-order valence-corrected chi connectivity index (χ2v) is 3.75. The molecular formula is C11H21N2O4. The summed E-state index contributed by atoms with van der Waals surface area (Å²) in [7, 11) is 3.25. The van der Waals surface area contributed by atoms with Gasteiger partial charge in [-0.15, -0.1) is 0 Å². The Kier molecular flexibility index (Phi) is 7.49. The zero-order valence-corrected chi connectivity index (χ0v) is 10.9. The van der Waals surface area contributed by atoms with Crippen LogP contribution >= 0.6 is 0 Å². The molecule has 99 valence electrons. The maximum absolute atomic E-state index is 11.5. The number of carbonyl (C=O) groups excluding carboxylic acids is 2. The number of amides is 2. The van der Waals surface area contributed by atoms with Crippen molar-refractivity contribution in [3.8, 4) is 0 Å². The van der Waals surface area contributed by atoms with Crippen LogP contribution in [0.4, 0.5) is 0 Å². The van der Waals surface area contributed by atoms with Crippen molar-refractivity contribution < 1.29 is 19.4 Å². The lowest BCUT2D eigenvalue weighted by Crippen LogP contribution is -2.40. The van der Waals surface area contributed by atoms with Gasteiger partial charge >= 0.3 is 0 Å². The van der Waals surface area contributed by atoms with Crippen molar-refractivity contribution in [3.05, 3.63) is 0 Å². The number of hydrogen-bond donors (Lipinski definition) is 0. The molecule has 0 rings (SSSR count). The number of likely N-dealkylation sites (N-methyl/N-ethyl adjacent to an activating group) is 1. The predicted molar refractivity (Wildman–Crippen MR) is 61.7 cm³/mol. The molecule has 1 atom stereocenters. The van der Waals surface area contributed by atoms with Gasteiger partial charge in [-0.3, -0.25) is 9.59 Å². The Hall–Kier alpha value is -1.14. The largest absolute Gasteiger partial charge is 0.349 e. The summed E-state index contributed by atoms with van der Waals surface area (Å²) in [6.07, 6.45) is -1.62. The van der Waals surface area contributed by atoms with Crippen LogP contribution in [0.3, 0.4) is 0 Å². The fourth-order valence-corrected chi connectivity index (χ4v) is 1.23. The standard InChI is InChI=1S/C11H21N2O4/c1-5-13(6-2)10(15)11(16)17-8-7-9(14)12(3)4/h11H,5-8H2,1-4H3. The number of nitrogens with zero attached hydrogens (tertiary/aromatic N) is 2. The summed E-state index contributed by atoms with van der Waals surface area (Å²) in [5.41, 5.74) is 0. The van der Waals surface area contributed by atoms with Gasteiger partial charge < -0.3 is 14.5 Å². The van der Waals surface area contributed by atoms with Crippen LogP contribution in [0.5, 0.6) is 0 Å². The Morgan fingerprint density at radius 3 is 2.12 bits per heavy atom. The zero-order valence-electron chi connectivity index (χ0n) is 10.9. The molecule has 0 aromatic heterocycles.